The number of hydrogen-bond donors (Lipinski definition) is 0. The first kappa shape index (κ1) is 10.1. The molecule has 0 saturated heterocycles. The molecule has 0 unspecified atom stereocenters. The third-order valence-electron chi connectivity index (χ3n) is 0.966. The molecule has 0 aromatic heterocycles. The van der Waals surface area contributed by atoms with E-state index in [1.54, 1.807) is 7.11 Å². The second-order valence-electron chi connectivity index (χ2n) is 1.58. The van der Waals surface area contributed by atoms with Gasteiger partial charge in [0.2, 0.25) is 0 Å². The number of benzene rings is 1. The zero-order valence-corrected chi connectivity index (χ0v) is 7.60. The second kappa shape index (κ2) is 4.84. The molecule has 48 valence electrons. The van der Waals surface area contributed by atoms with E-state index in [9.17, 15) is 0 Å². The van der Waals surface area contributed by atoms with Crippen LogP contribution in [0.1, 0.15) is 0 Å². The quantitative estimate of drug-likeness (QED) is 0.421. The number of rotatable bonds is 1. The summed E-state index contributed by atoms with van der Waals surface area (Å²) in [5.41, 5.74) is 0. The Morgan fingerprint density at radius 1 is 1.50 bits per heavy atom. The van der Waals surface area contributed by atoms with E-state index in [-0.39, 0.29) is 18.9 Å². The summed E-state index contributed by atoms with van der Waals surface area (Å²) in [6.45, 7) is 0. The van der Waals surface area contributed by atoms with Crippen LogP contribution in [0.2, 0.25) is 0 Å². The molecule has 1 aromatic carbocycles. The van der Waals surface area contributed by atoms with Crippen molar-refractivity contribution >= 4 is 15.9 Å². The van der Waals surface area contributed by atoms with Crippen molar-refractivity contribution in [1.29, 1.82) is 0 Å². The molecule has 0 bridgehead atoms. The van der Waals surface area contributed by atoms with Gasteiger partial charge in [-0.2, -0.15) is 12.1 Å². The summed E-state index contributed by atoms with van der Waals surface area (Å²) in [5, 5.41) is 0. The summed E-state index contributed by atoms with van der Waals surface area (Å²) < 4.78 is 5.91. The Hall–Kier alpha value is 0.0974. The van der Waals surface area contributed by atoms with E-state index in [1.165, 1.54) is 0 Å². The van der Waals surface area contributed by atoms with Gasteiger partial charge in [-0.25, -0.2) is 0 Å². The van der Waals surface area contributed by atoms with Crippen molar-refractivity contribution in [3.63, 3.8) is 0 Å². The van der Waals surface area contributed by atoms with Gasteiger partial charge in [0.25, 0.3) is 0 Å². The minimum Gasteiger partial charge on any atom is -0.523 e. The minimum atomic E-state index is 0. The number of halogens is 1. The van der Waals surface area contributed by atoms with E-state index in [4.69, 9.17) is 4.74 Å². The first-order chi connectivity index (χ1) is 4.33. The van der Waals surface area contributed by atoms with Gasteiger partial charge in [-0.3, -0.25) is 0 Å². The smallest absolute Gasteiger partial charge is 0.523 e. The predicted octanol–water partition coefficient (Wildman–Crippen LogP) is -0.738. The van der Waals surface area contributed by atoms with Crippen molar-refractivity contribution in [2.45, 2.75) is 0 Å². The Balaban J connectivity index is 0.000000810. The van der Waals surface area contributed by atoms with E-state index in [1.807, 2.05) is 18.2 Å². The average molecular weight is 193 g/mol. The maximum absolute atomic E-state index is 4.89. The number of methoxy groups -OCH3 is 1. The number of ether oxygens (including phenoxy) is 1. The van der Waals surface area contributed by atoms with Crippen molar-refractivity contribution in [2.24, 2.45) is 0 Å². The summed E-state index contributed by atoms with van der Waals surface area (Å²) in [6, 6.07) is 8.50. The van der Waals surface area contributed by atoms with E-state index < -0.39 is 0 Å². The number of hydrogen-bond acceptors (Lipinski definition) is 1. The molecule has 3 heteroatoms. The average Bonchev–Trinajstić information content (AvgIpc) is 1.90. The van der Waals surface area contributed by atoms with Crippen LogP contribution >= 0.6 is 15.9 Å². The van der Waals surface area contributed by atoms with Crippen LogP contribution in [0, 0.1) is 6.07 Å². The molecule has 0 spiro atoms. The fraction of sp³-hybridized carbons (Fsp3) is 0.143. The van der Waals surface area contributed by atoms with Gasteiger partial charge in [0.05, 0.1) is 7.11 Å². The van der Waals surface area contributed by atoms with Crippen LogP contribution in [0.15, 0.2) is 22.7 Å². The maximum atomic E-state index is 4.89. The standard InChI is InChI=1S/C7H6BrO.Li/c1-9-7-4-2-6(8)3-5-7;/h2-4H,1H3;/q-1;+1. The normalized spacial score (nSPS) is 8.20. The van der Waals surface area contributed by atoms with Crippen molar-refractivity contribution in [1.82, 2.24) is 0 Å². The third kappa shape index (κ3) is 2.79. The van der Waals surface area contributed by atoms with E-state index in [2.05, 4.69) is 22.0 Å². The Morgan fingerprint density at radius 2 is 2.20 bits per heavy atom. The van der Waals surface area contributed by atoms with Crippen LogP contribution in [-0.4, -0.2) is 7.11 Å². The fourth-order valence-electron chi connectivity index (χ4n) is 0.519. The van der Waals surface area contributed by atoms with Gasteiger partial charge in [0, 0.05) is 5.75 Å². The molecular weight excluding hydrogens is 187 g/mol. The Bertz CT molecular complexity index is 185. The largest absolute Gasteiger partial charge is 1.00 e. The molecule has 0 saturated carbocycles. The van der Waals surface area contributed by atoms with Gasteiger partial charge in [0.15, 0.2) is 0 Å². The second-order valence-corrected chi connectivity index (χ2v) is 2.49. The van der Waals surface area contributed by atoms with E-state index >= 15 is 0 Å². The zero-order valence-electron chi connectivity index (χ0n) is 6.02. The molecule has 0 aliphatic rings. The topological polar surface area (TPSA) is 9.23 Å². The SMILES string of the molecule is COc1[c-]cc(Br)cc1.[Li+]. The zero-order chi connectivity index (χ0) is 6.69. The Kier molecular flexibility index (Phi) is 4.89. The molecule has 0 radical (unpaired) electrons. The van der Waals surface area contributed by atoms with Crippen LogP contribution in [0.4, 0.5) is 0 Å². The monoisotopic (exact) mass is 192 g/mol. The summed E-state index contributed by atoms with van der Waals surface area (Å²) in [7, 11) is 1.62. The minimum absolute atomic E-state index is 0. The van der Waals surface area contributed by atoms with Gasteiger partial charge in [-0.1, -0.05) is 4.47 Å². The molecule has 10 heavy (non-hydrogen) atoms. The van der Waals surface area contributed by atoms with Crippen LogP contribution < -0.4 is 23.6 Å². The first-order valence-electron chi connectivity index (χ1n) is 2.54. The van der Waals surface area contributed by atoms with Crippen molar-refractivity contribution in [3.8, 4) is 5.75 Å². The van der Waals surface area contributed by atoms with Crippen LogP contribution in [0.3, 0.4) is 0 Å². The molecule has 0 N–H and O–H groups in total. The van der Waals surface area contributed by atoms with Crippen LogP contribution in [0.25, 0.3) is 0 Å². The van der Waals surface area contributed by atoms with Crippen molar-refractivity contribution in [2.75, 3.05) is 7.11 Å². The molecule has 0 aliphatic heterocycles. The molecule has 0 atom stereocenters. The predicted molar refractivity (Wildman–Crippen MR) is 39.5 cm³/mol. The van der Waals surface area contributed by atoms with Gasteiger partial charge >= 0.3 is 18.9 Å². The van der Waals surface area contributed by atoms with Gasteiger partial charge in [-0.05, 0) is 0 Å². The van der Waals surface area contributed by atoms with Crippen molar-refractivity contribution < 1.29 is 23.6 Å². The van der Waals surface area contributed by atoms with E-state index in [0.717, 1.165) is 10.2 Å². The van der Waals surface area contributed by atoms with Crippen LogP contribution in [0.5, 0.6) is 5.75 Å². The van der Waals surface area contributed by atoms with Gasteiger partial charge in [0.1, 0.15) is 0 Å². The molecule has 1 aromatic rings. The molecule has 0 fully saturated rings. The molecule has 1 rings (SSSR count). The van der Waals surface area contributed by atoms with Gasteiger partial charge in [-0.15, -0.1) is 28.1 Å². The van der Waals surface area contributed by atoms with E-state index in [0.29, 0.717) is 0 Å². The van der Waals surface area contributed by atoms with Gasteiger partial charge < -0.3 is 4.74 Å². The molecule has 1 nitrogen and oxygen atoms in total. The maximum Gasteiger partial charge on any atom is 1.00 e. The fourth-order valence-corrected chi connectivity index (χ4v) is 0.765. The molecule has 0 amide bonds. The first-order valence-corrected chi connectivity index (χ1v) is 3.33. The Morgan fingerprint density at radius 3 is 2.60 bits per heavy atom. The summed E-state index contributed by atoms with van der Waals surface area (Å²) >= 11 is 3.29. The summed E-state index contributed by atoms with van der Waals surface area (Å²) in [4.78, 5) is 0. The summed E-state index contributed by atoms with van der Waals surface area (Å²) in [5.74, 6) is 0.762. The third-order valence-corrected chi connectivity index (χ3v) is 1.46. The van der Waals surface area contributed by atoms with Crippen LogP contribution in [-0.2, 0) is 0 Å². The van der Waals surface area contributed by atoms with Crippen molar-refractivity contribution in [3.05, 3.63) is 28.7 Å². The molecule has 0 heterocycles. The Labute approximate surface area is 81.1 Å². The molecule has 0 aliphatic carbocycles. The molecular formula is C7H6BrLiO. The summed E-state index contributed by atoms with van der Waals surface area (Å²) in [6.07, 6.45) is 0.